The van der Waals surface area contributed by atoms with Gasteiger partial charge in [-0.05, 0) is 12.0 Å². The maximum atomic E-state index is 11.9. The number of aliphatic hydroxyl groups is 1. The van der Waals surface area contributed by atoms with Gasteiger partial charge in [-0.1, -0.05) is 25.7 Å². The van der Waals surface area contributed by atoms with Crippen LogP contribution in [0.4, 0.5) is 0 Å². The number of carbonyl (C=O) groups excluding carboxylic acids is 1. The summed E-state index contributed by atoms with van der Waals surface area (Å²) in [7, 11) is 0. The fourth-order valence-corrected chi connectivity index (χ4v) is 1.43. The Balaban J connectivity index is 2.43. The molecule has 1 aromatic heterocycles. The van der Waals surface area contributed by atoms with E-state index in [0.29, 0.717) is 36.8 Å². The molecule has 108 valence electrons. The molecule has 1 rings (SSSR count). The summed E-state index contributed by atoms with van der Waals surface area (Å²) >= 11 is 0. The highest BCUT2D eigenvalue weighted by molar-refractivity contribution is 5.94. The molecule has 1 aromatic rings. The molecule has 0 aliphatic carbocycles. The molecule has 0 bridgehead atoms. The second kappa shape index (κ2) is 9.08. The highest BCUT2D eigenvalue weighted by Gasteiger charge is 2.05. The normalized spacial score (nSPS) is 10.0. The van der Waals surface area contributed by atoms with Crippen molar-refractivity contribution in [3.8, 4) is 11.8 Å². The summed E-state index contributed by atoms with van der Waals surface area (Å²) in [5.41, 5.74) is 1.04. The molecule has 0 saturated carbocycles. The number of nitrogens with one attached hydrogen (secondary N) is 1. The van der Waals surface area contributed by atoms with Gasteiger partial charge in [0.05, 0.1) is 12.2 Å². The molecular weight excluding hydrogens is 256 g/mol. The Kier molecular flexibility index (Phi) is 7.33. The van der Waals surface area contributed by atoms with E-state index in [1.54, 1.807) is 12.3 Å². The van der Waals surface area contributed by atoms with Crippen LogP contribution in [0.1, 0.15) is 29.8 Å². The minimum atomic E-state index is -0.219. The van der Waals surface area contributed by atoms with Gasteiger partial charge in [-0.25, -0.2) is 0 Å². The van der Waals surface area contributed by atoms with E-state index in [1.807, 2.05) is 0 Å². The third-order valence-corrected chi connectivity index (χ3v) is 2.30. The van der Waals surface area contributed by atoms with Gasteiger partial charge in [-0.3, -0.25) is 9.78 Å². The maximum Gasteiger partial charge on any atom is 0.252 e. The quantitative estimate of drug-likeness (QED) is 0.596. The first-order valence-electron chi connectivity index (χ1n) is 6.54. The number of amides is 1. The monoisotopic (exact) mass is 276 g/mol. The largest absolute Gasteiger partial charge is 0.384 e. The van der Waals surface area contributed by atoms with Gasteiger partial charge in [0.15, 0.2) is 0 Å². The zero-order valence-corrected chi connectivity index (χ0v) is 11.8. The molecule has 5 heteroatoms. The molecule has 5 nitrogen and oxygen atoms in total. The first kappa shape index (κ1) is 16.2. The molecule has 0 spiro atoms. The SMILES string of the molecule is CC(C)COCCNC(=O)c1cncc(C#CCO)c1. The zero-order chi connectivity index (χ0) is 14.8. The van der Waals surface area contributed by atoms with Gasteiger partial charge in [-0.2, -0.15) is 0 Å². The maximum absolute atomic E-state index is 11.9. The van der Waals surface area contributed by atoms with Gasteiger partial charge in [0.25, 0.3) is 5.91 Å². The topological polar surface area (TPSA) is 71.5 Å². The average molecular weight is 276 g/mol. The van der Waals surface area contributed by atoms with Crippen molar-refractivity contribution in [1.29, 1.82) is 0 Å². The van der Waals surface area contributed by atoms with E-state index in [4.69, 9.17) is 9.84 Å². The Labute approximate surface area is 119 Å². The van der Waals surface area contributed by atoms with Gasteiger partial charge < -0.3 is 15.2 Å². The first-order chi connectivity index (χ1) is 9.63. The lowest BCUT2D eigenvalue weighted by molar-refractivity contribution is 0.0886. The second-order valence-corrected chi connectivity index (χ2v) is 4.65. The molecule has 0 aliphatic heterocycles. The second-order valence-electron chi connectivity index (χ2n) is 4.65. The molecule has 1 amide bonds. The smallest absolute Gasteiger partial charge is 0.252 e. The van der Waals surface area contributed by atoms with Crippen LogP contribution in [-0.2, 0) is 4.74 Å². The van der Waals surface area contributed by atoms with Crippen molar-refractivity contribution in [1.82, 2.24) is 10.3 Å². The van der Waals surface area contributed by atoms with E-state index in [0.717, 1.165) is 0 Å². The Morgan fingerprint density at radius 2 is 2.30 bits per heavy atom. The van der Waals surface area contributed by atoms with Crippen LogP contribution in [0.15, 0.2) is 18.5 Å². The predicted octanol–water partition coefficient (Wildman–Crippen LogP) is 0.828. The number of pyridine rings is 1. The van der Waals surface area contributed by atoms with E-state index >= 15 is 0 Å². The first-order valence-corrected chi connectivity index (χ1v) is 6.54. The molecular formula is C15H20N2O3. The van der Waals surface area contributed by atoms with Crippen LogP contribution in [0.3, 0.4) is 0 Å². The molecule has 0 atom stereocenters. The Morgan fingerprint density at radius 3 is 3.00 bits per heavy atom. The number of aliphatic hydroxyl groups excluding tert-OH is 1. The van der Waals surface area contributed by atoms with Gasteiger partial charge in [0.1, 0.15) is 6.61 Å². The van der Waals surface area contributed by atoms with Crippen LogP contribution < -0.4 is 5.32 Å². The summed E-state index contributed by atoms with van der Waals surface area (Å²) in [5.74, 6) is 5.50. The number of rotatable bonds is 6. The molecule has 0 saturated heterocycles. The number of hydrogen-bond acceptors (Lipinski definition) is 4. The van der Waals surface area contributed by atoms with Gasteiger partial charge >= 0.3 is 0 Å². The minimum Gasteiger partial charge on any atom is -0.384 e. The summed E-state index contributed by atoms with van der Waals surface area (Å²) < 4.78 is 5.38. The van der Waals surface area contributed by atoms with Crippen molar-refractivity contribution >= 4 is 5.91 Å². The highest BCUT2D eigenvalue weighted by atomic mass is 16.5. The molecule has 20 heavy (non-hydrogen) atoms. The summed E-state index contributed by atoms with van der Waals surface area (Å²) in [4.78, 5) is 15.8. The van der Waals surface area contributed by atoms with E-state index < -0.39 is 0 Å². The van der Waals surface area contributed by atoms with Crippen LogP contribution in [-0.4, -0.2) is 42.4 Å². The third kappa shape index (κ3) is 6.32. The number of carbonyl (C=O) groups is 1. The van der Waals surface area contributed by atoms with Crippen molar-refractivity contribution in [2.45, 2.75) is 13.8 Å². The summed E-state index contributed by atoms with van der Waals surface area (Å²) in [6.07, 6.45) is 3.03. The van der Waals surface area contributed by atoms with E-state index in [-0.39, 0.29) is 12.5 Å². The van der Waals surface area contributed by atoms with E-state index in [9.17, 15) is 4.79 Å². The van der Waals surface area contributed by atoms with Crippen molar-refractivity contribution in [2.75, 3.05) is 26.4 Å². The van der Waals surface area contributed by atoms with E-state index in [2.05, 4.69) is 36.0 Å². The third-order valence-electron chi connectivity index (χ3n) is 2.30. The fraction of sp³-hybridized carbons (Fsp3) is 0.467. The molecule has 0 unspecified atom stereocenters. The Morgan fingerprint density at radius 1 is 1.50 bits per heavy atom. The lowest BCUT2D eigenvalue weighted by Gasteiger charge is -2.08. The van der Waals surface area contributed by atoms with Crippen molar-refractivity contribution in [2.24, 2.45) is 5.92 Å². The lowest BCUT2D eigenvalue weighted by atomic mass is 10.2. The van der Waals surface area contributed by atoms with Crippen LogP contribution in [0.2, 0.25) is 0 Å². The number of nitrogens with zero attached hydrogens (tertiary/aromatic N) is 1. The number of ether oxygens (including phenoxy) is 1. The number of hydrogen-bond donors (Lipinski definition) is 2. The fourth-order valence-electron chi connectivity index (χ4n) is 1.43. The zero-order valence-electron chi connectivity index (χ0n) is 11.8. The summed E-state index contributed by atoms with van der Waals surface area (Å²) in [6, 6.07) is 1.64. The van der Waals surface area contributed by atoms with Gasteiger partial charge in [0, 0.05) is 31.1 Å². The Hall–Kier alpha value is -1.90. The van der Waals surface area contributed by atoms with Gasteiger partial charge in [0.2, 0.25) is 0 Å². The highest BCUT2D eigenvalue weighted by Crippen LogP contribution is 2.01. The van der Waals surface area contributed by atoms with Crippen molar-refractivity contribution in [3.05, 3.63) is 29.6 Å². The van der Waals surface area contributed by atoms with Gasteiger partial charge in [-0.15, -0.1) is 0 Å². The standard InChI is InChI=1S/C15H20N2O3/c1-12(2)11-20-7-5-17-15(19)14-8-13(4-3-6-18)9-16-10-14/h8-10,12,18H,5-7,11H2,1-2H3,(H,17,19). The molecule has 2 N–H and O–H groups in total. The lowest BCUT2D eigenvalue weighted by Crippen LogP contribution is -2.27. The Bertz CT molecular complexity index is 489. The summed E-state index contributed by atoms with van der Waals surface area (Å²) in [6.45, 7) is 5.55. The van der Waals surface area contributed by atoms with Crippen LogP contribution in [0.25, 0.3) is 0 Å². The molecule has 0 aromatic carbocycles. The molecule has 0 radical (unpaired) electrons. The minimum absolute atomic E-state index is 0.210. The molecule has 0 fully saturated rings. The van der Waals surface area contributed by atoms with E-state index in [1.165, 1.54) is 6.20 Å². The van der Waals surface area contributed by atoms with Crippen LogP contribution in [0, 0.1) is 17.8 Å². The molecule has 0 aliphatic rings. The number of aromatic nitrogens is 1. The van der Waals surface area contributed by atoms with Crippen LogP contribution >= 0.6 is 0 Å². The summed E-state index contributed by atoms with van der Waals surface area (Å²) in [5, 5.41) is 11.4. The molecule has 1 heterocycles. The van der Waals surface area contributed by atoms with Crippen molar-refractivity contribution < 1.29 is 14.6 Å². The van der Waals surface area contributed by atoms with Crippen molar-refractivity contribution in [3.63, 3.8) is 0 Å². The van der Waals surface area contributed by atoms with Crippen LogP contribution in [0.5, 0.6) is 0 Å². The average Bonchev–Trinajstić information content (AvgIpc) is 2.44. The predicted molar refractivity (Wildman–Crippen MR) is 76.2 cm³/mol.